The zero-order chi connectivity index (χ0) is 21.3. The van der Waals surface area contributed by atoms with Gasteiger partial charge in [0.25, 0.3) is 20.2 Å². The van der Waals surface area contributed by atoms with E-state index in [9.17, 15) is 25.6 Å². The van der Waals surface area contributed by atoms with Crippen LogP contribution in [0, 0.1) is 0 Å². The van der Waals surface area contributed by atoms with Crippen molar-refractivity contribution >= 4 is 42.5 Å². The van der Waals surface area contributed by atoms with E-state index in [0.29, 0.717) is 19.3 Å². The van der Waals surface area contributed by atoms with Gasteiger partial charge in [0.05, 0.1) is 23.9 Å². The second kappa shape index (κ2) is 12.7. The maximum Gasteiger partial charge on any atom is 0.271 e. The lowest BCUT2D eigenvalue weighted by Crippen LogP contribution is -2.25. The summed E-state index contributed by atoms with van der Waals surface area (Å²) in [7, 11) is -7.61. The fourth-order valence-electron chi connectivity index (χ4n) is 1.78. The molecule has 4 atom stereocenters. The van der Waals surface area contributed by atoms with Crippen molar-refractivity contribution in [3.8, 4) is 0 Å². The molecule has 0 bridgehead atoms. The van der Waals surface area contributed by atoms with Gasteiger partial charge in [0.1, 0.15) is 0 Å². The predicted molar refractivity (Wildman–Crippen MR) is 106 cm³/mol. The smallest absolute Gasteiger partial charge is 0.271 e. The molecule has 27 heavy (non-hydrogen) atoms. The molecule has 0 heterocycles. The fourth-order valence-corrected chi connectivity index (χ4v) is 5.86. The van der Waals surface area contributed by atoms with Crippen LogP contribution in [0.3, 0.4) is 0 Å². The third-order valence-electron chi connectivity index (χ3n) is 3.13. The van der Waals surface area contributed by atoms with E-state index in [0.717, 1.165) is 0 Å². The summed E-state index contributed by atoms with van der Waals surface area (Å²) < 4.78 is 84.5. The SMILES string of the molecule is CC(C)OS(=O)C(C)OS(=O)(=O)CCCCCCS(=O)(=O)OC(C)[S+](C)[O-]. The summed E-state index contributed by atoms with van der Waals surface area (Å²) in [4.78, 5) is 0. The Labute approximate surface area is 168 Å². The van der Waals surface area contributed by atoms with Gasteiger partial charge in [0.15, 0.2) is 16.5 Å². The Morgan fingerprint density at radius 1 is 0.889 bits per heavy atom. The highest BCUT2D eigenvalue weighted by molar-refractivity contribution is 7.92. The third-order valence-corrected chi connectivity index (χ3v) is 8.36. The van der Waals surface area contributed by atoms with Gasteiger partial charge in [0, 0.05) is 6.92 Å². The van der Waals surface area contributed by atoms with Gasteiger partial charge < -0.3 is 4.55 Å². The van der Waals surface area contributed by atoms with Crippen LogP contribution < -0.4 is 0 Å². The second-order valence-corrected chi connectivity index (χ2v) is 12.6. The normalized spacial score (nSPS) is 17.6. The van der Waals surface area contributed by atoms with Crippen LogP contribution in [-0.4, -0.2) is 60.3 Å². The van der Waals surface area contributed by atoms with Gasteiger partial charge in [-0.2, -0.15) is 16.8 Å². The lowest BCUT2D eigenvalue weighted by atomic mass is 10.2. The molecular formula is C14H30O9S4. The van der Waals surface area contributed by atoms with Crippen LogP contribution in [0.5, 0.6) is 0 Å². The Kier molecular flexibility index (Phi) is 12.8. The molecule has 0 spiro atoms. The summed E-state index contributed by atoms with van der Waals surface area (Å²) in [5.74, 6) is -0.480. The molecule has 0 saturated heterocycles. The largest absolute Gasteiger partial charge is 0.615 e. The highest BCUT2D eigenvalue weighted by Crippen LogP contribution is 2.12. The predicted octanol–water partition coefficient (Wildman–Crippen LogP) is 1.40. The summed E-state index contributed by atoms with van der Waals surface area (Å²) in [6, 6.07) is 0. The van der Waals surface area contributed by atoms with Gasteiger partial charge in [-0.05, 0) is 44.8 Å². The zero-order valence-corrected chi connectivity index (χ0v) is 19.5. The molecule has 13 heteroatoms. The maximum absolute atomic E-state index is 11.9. The monoisotopic (exact) mass is 470 g/mol. The van der Waals surface area contributed by atoms with E-state index in [-0.39, 0.29) is 24.0 Å². The molecule has 0 aliphatic rings. The van der Waals surface area contributed by atoms with E-state index in [1.165, 1.54) is 20.1 Å². The Balaban J connectivity index is 4.11. The zero-order valence-electron chi connectivity index (χ0n) is 16.3. The average Bonchev–Trinajstić information content (AvgIpc) is 2.48. The summed E-state index contributed by atoms with van der Waals surface area (Å²) in [6.07, 6.45) is 2.58. The van der Waals surface area contributed by atoms with Crippen molar-refractivity contribution < 1.29 is 38.1 Å². The maximum atomic E-state index is 11.9. The van der Waals surface area contributed by atoms with E-state index in [1.807, 2.05) is 0 Å². The van der Waals surface area contributed by atoms with Crippen LogP contribution in [0.25, 0.3) is 0 Å². The van der Waals surface area contributed by atoms with Crippen molar-refractivity contribution in [2.45, 2.75) is 70.4 Å². The number of hydrogen-bond acceptors (Lipinski definition) is 9. The molecule has 0 amide bonds. The summed E-state index contributed by atoms with van der Waals surface area (Å²) in [5, 5.41) is 0. The molecule has 4 unspecified atom stereocenters. The Bertz CT molecular complexity index is 643. The summed E-state index contributed by atoms with van der Waals surface area (Å²) >= 11 is -3.28. The van der Waals surface area contributed by atoms with Crippen LogP contribution in [0.2, 0.25) is 0 Å². The molecule has 0 aromatic rings. The van der Waals surface area contributed by atoms with Crippen molar-refractivity contribution in [3.05, 3.63) is 0 Å². The third kappa shape index (κ3) is 14.0. The minimum atomic E-state index is -3.85. The number of rotatable bonds is 15. The average molecular weight is 471 g/mol. The van der Waals surface area contributed by atoms with Crippen LogP contribution in [0.4, 0.5) is 0 Å². The van der Waals surface area contributed by atoms with E-state index < -0.39 is 53.4 Å². The molecule has 0 radical (unpaired) electrons. The number of unbranched alkanes of at least 4 members (excludes halogenated alkanes) is 3. The molecule has 0 aliphatic heterocycles. The fraction of sp³-hybridized carbons (Fsp3) is 1.00. The molecule has 0 rings (SSSR count). The lowest BCUT2D eigenvalue weighted by molar-refractivity contribution is 0.232. The van der Waals surface area contributed by atoms with Crippen LogP contribution in [-0.2, 0) is 55.0 Å². The first-order chi connectivity index (χ1) is 12.3. The molecule has 0 aromatic heterocycles. The molecule has 9 nitrogen and oxygen atoms in total. The highest BCUT2D eigenvalue weighted by Gasteiger charge is 2.23. The molecule has 0 aromatic carbocycles. The van der Waals surface area contributed by atoms with Crippen LogP contribution in [0.15, 0.2) is 0 Å². The second-order valence-electron chi connectivity index (χ2n) is 6.17. The van der Waals surface area contributed by atoms with Gasteiger partial charge in [-0.25, -0.2) is 8.39 Å². The Hall–Kier alpha value is 0.240. The summed E-state index contributed by atoms with van der Waals surface area (Å²) in [5.41, 5.74) is -2.00. The van der Waals surface area contributed by atoms with Crippen molar-refractivity contribution in [1.29, 1.82) is 0 Å². The molecular weight excluding hydrogens is 440 g/mol. The van der Waals surface area contributed by atoms with E-state index in [4.69, 9.17) is 12.5 Å². The van der Waals surface area contributed by atoms with Crippen LogP contribution >= 0.6 is 0 Å². The van der Waals surface area contributed by atoms with Gasteiger partial charge in [-0.3, -0.25) is 8.37 Å². The topological polar surface area (TPSA) is 136 Å². The van der Waals surface area contributed by atoms with Gasteiger partial charge in [-0.15, -0.1) is 0 Å². The van der Waals surface area contributed by atoms with Crippen molar-refractivity contribution in [2.24, 2.45) is 0 Å². The van der Waals surface area contributed by atoms with E-state index >= 15 is 0 Å². The van der Waals surface area contributed by atoms with E-state index in [2.05, 4.69) is 0 Å². The minimum absolute atomic E-state index is 0.222. The molecule has 0 saturated carbocycles. The van der Waals surface area contributed by atoms with E-state index in [1.54, 1.807) is 13.8 Å². The summed E-state index contributed by atoms with van der Waals surface area (Å²) in [6.45, 7) is 6.11. The molecule has 0 aliphatic carbocycles. The Morgan fingerprint density at radius 2 is 1.33 bits per heavy atom. The van der Waals surface area contributed by atoms with Gasteiger partial charge in [0.2, 0.25) is 5.44 Å². The first kappa shape index (κ1) is 27.2. The minimum Gasteiger partial charge on any atom is -0.615 e. The standard InChI is InChI=1S/C14H30O9S4/c1-12(2)21-25(16)14(4)23-27(19,20)11-9-7-6-8-10-26(17,18)22-13(3)24(5)15/h12-14H,6-11H2,1-5H3. The van der Waals surface area contributed by atoms with Crippen molar-refractivity contribution in [2.75, 3.05) is 17.8 Å². The van der Waals surface area contributed by atoms with Crippen molar-refractivity contribution in [3.63, 3.8) is 0 Å². The molecule has 164 valence electrons. The lowest BCUT2D eigenvalue weighted by Gasteiger charge is -2.14. The first-order valence-corrected chi connectivity index (χ1v) is 14.4. The van der Waals surface area contributed by atoms with Gasteiger partial charge >= 0.3 is 0 Å². The molecule has 0 N–H and O–H groups in total. The van der Waals surface area contributed by atoms with Crippen LogP contribution in [0.1, 0.15) is 53.4 Å². The van der Waals surface area contributed by atoms with Crippen molar-refractivity contribution in [1.82, 2.24) is 0 Å². The Morgan fingerprint density at radius 3 is 1.74 bits per heavy atom. The molecule has 0 fully saturated rings. The number of hydrogen-bond donors (Lipinski definition) is 0. The quantitative estimate of drug-likeness (QED) is 0.197. The first-order valence-electron chi connectivity index (χ1n) is 8.47. The van der Waals surface area contributed by atoms with Gasteiger partial charge in [-0.1, -0.05) is 12.8 Å². The highest BCUT2D eigenvalue weighted by atomic mass is 32.2.